The van der Waals surface area contributed by atoms with Gasteiger partial charge in [0.25, 0.3) is 0 Å². The van der Waals surface area contributed by atoms with Crippen LogP contribution in [0.2, 0.25) is 0 Å². The number of aliphatic hydroxyl groups excluding tert-OH is 1. The van der Waals surface area contributed by atoms with Crippen molar-refractivity contribution in [2.75, 3.05) is 52.8 Å². The number of ether oxygens (including phenoxy) is 1. The molecule has 0 atom stereocenters. The number of quaternary nitrogens is 1. The number of aliphatic imine (C=N–C) groups is 1. The van der Waals surface area contributed by atoms with Crippen LogP contribution in [0.15, 0.2) is 53.0 Å². The third-order valence-electron chi connectivity index (χ3n) is 4.30. The SMILES string of the molecule is C[N+](C)(C)CCNc1nn2ccccc2c1N=C1C=C(OCCO)C(N)=CC1=N. The zero-order valence-electron chi connectivity index (χ0n) is 17.0. The van der Waals surface area contributed by atoms with E-state index in [9.17, 15) is 0 Å². The average Bonchev–Trinajstić information content (AvgIpc) is 2.99. The summed E-state index contributed by atoms with van der Waals surface area (Å²) in [5, 5.41) is 25.2. The van der Waals surface area contributed by atoms with Crippen molar-refractivity contribution in [3.8, 4) is 0 Å². The van der Waals surface area contributed by atoms with Crippen LogP contribution in [-0.4, -0.2) is 78.1 Å². The number of nitrogens with zero attached hydrogens (tertiary/aromatic N) is 4. The molecule has 5 N–H and O–H groups in total. The number of aliphatic hydroxyl groups is 1. The van der Waals surface area contributed by atoms with E-state index in [0.29, 0.717) is 28.7 Å². The fourth-order valence-electron chi connectivity index (χ4n) is 2.80. The standard InChI is InChI=1S/C20H28N7O2/c1-27(2,3)9-7-23-20-19(17-6-4-5-8-26(17)25-20)24-16-13-18(29-11-10-28)15(22)12-14(16)21/h4-6,8,12-13,21,28H,7,9-11,22H2,1-3H3,(H,23,25)/q+1. The Morgan fingerprint density at radius 2 is 2.10 bits per heavy atom. The summed E-state index contributed by atoms with van der Waals surface area (Å²) in [5.41, 5.74) is 8.35. The average molecular weight is 398 g/mol. The van der Waals surface area contributed by atoms with Gasteiger partial charge in [0.1, 0.15) is 18.1 Å². The summed E-state index contributed by atoms with van der Waals surface area (Å²) in [6.07, 6.45) is 4.98. The number of anilines is 1. The van der Waals surface area contributed by atoms with Crippen LogP contribution in [0.25, 0.3) is 5.52 Å². The molecular weight excluding hydrogens is 370 g/mol. The van der Waals surface area contributed by atoms with E-state index in [-0.39, 0.29) is 18.9 Å². The highest BCUT2D eigenvalue weighted by molar-refractivity contribution is 6.50. The second-order valence-corrected chi connectivity index (χ2v) is 7.76. The fraction of sp³-hybridized carbons (Fsp3) is 0.350. The van der Waals surface area contributed by atoms with Gasteiger partial charge in [0.2, 0.25) is 0 Å². The molecule has 0 amide bonds. The van der Waals surface area contributed by atoms with E-state index in [0.717, 1.165) is 23.1 Å². The number of allylic oxidation sites excluding steroid dienone is 2. The maximum absolute atomic E-state index is 9.00. The molecule has 154 valence electrons. The molecule has 0 unspecified atom stereocenters. The number of fused-ring (bicyclic) bond motifs is 1. The van der Waals surface area contributed by atoms with E-state index in [2.05, 4.69) is 31.6 Å². The Morgan fingerprint density at radius 1 is 1.31 bits per heavy atom. The molecule has 0 fully saturated rings. The minimum atomic E-state index is -0.122. The van der Waals surface area contributed by atoms with Crippen molar-refractivity contribution >= 4 is 28.4 Å². The lowest BCUT2D eigenvalue weighted by Crippen LogP contribution is -2.38. The van der Waals surface area contributed by atoms with E-state index in [1.807, 2.05) is 24.4 Å². The van der Waals surface area contributed by atoms with Gasteiger partial charge >= 0.3 is 0 Å². The zero-order valence-corrected chi connectivity index (χ0v) is 17.0. The van der Waals surface area contributed by atoms with Gasteiger partial charge in [0.05, 0.1) is 63.5 Å². The zero-order chi connectivity index (χ0) is 21.0. The van der Waals surface area contributed by atoms with E-state index >= 15 is 0 Å². The largest absolute Gasteiger partial charge is 0.489 e. The molecule has 1 aliphatic rings. The van der Waals surface area contributed by atoms with Gasteiger partial charge in [-0.25, -0.2) is 9.51 Å². The quantitative estimate of drug-likeness (QED) is 0.394. The van der Waals surface area contributed by atoms with Crippen LogP contribution in [0, 0.1) is 5.41 Å². The van der Waals surface area contributed by atoms with Gasteiger partial charge in [-0.2, -0.15) is 0 Å². The monoisotopic (exact) mass is 398 g/mol. The van der Waals surface area contributed by atoms with Crippen molar-refractivity contribution < 1.29 is 14.3 Å². The molecule has 2 aromatic heterocycles. The number of hydrogen-bond acceptors (Lipinski definition) is 7. The second kappa shape index (κ2) is 8.46. The molecule has 1 aliphatic carbocycles. The molecule has 0 radical (unpaired) electrons. The van der Waals surface area contributed by atoms with Gasteiger partial charge in [-0.05, 0) is 18.2 Å². The van der Waals surface area contributed by atoms with E-state index in [4.69, 9.17) is 26.0 Å². The lowest BCUT2D eigenvalue weighted by molar-refractivity contribution is -0.868. The van der Waals surface area contributed by atoms with Crippen LogP contribution >= 0.6 is 0 Å². The topological polar surface area (TPSA) is 121 Å². The number of pyridine rings is 1. The Kier molecular flexibility index (Phi) is 6.00. The van der Waals surface area contributed by atoms with Crippen LogP contribution < -0.4 is 11.1 Å². The predicted octanol–water partition coefficient (Wildman–Crippen LogP) is 1.29. The number of rotatable bonds is 8. The lowest BCUT2D eigenvalue weighted by atomic mass is 10.1. The summed E-state index contributed by atoms with van der Waals surface area (Å²) in [7, 11) is 6.39. The van der Waals surface area contributed by atoms with Gasteiger partial charge in [0, 0.05) is 12.3 Å². The molecule has 9 nitrogen and oxygen atoms in total. The summed E-state index contributed by atoms with van der Waals surface area (Å²) in [6, 6.07) is 5.76. The Labute approximate surface area is 169 Å². The van der Waals surface area contributed by atoms with Crippen LogP contribution in [0.3, 0.4) is 0 Å². The maximum atomic E-state index is 9.00. The van der Waals surface area contributed by atoms with Crippen molar-refractivity contribution in [2.45, 2.75) is 0 Å². The molecular formula is C20H28N7O2+. The number of aromatic nitrogens is 2. The van der Waals surface area contributed by atoms with Crippen molar-refractivity contribution in [1.29, 1.82) is 5.41 Å². The normalized spacial score (nSPS) is 16.1. The van der Waals surface area contributed by atoms with Gasteiger partial charge < -0.3 is 25.4 Å². The molecule has 29 heavy (non-hydrogen) atoms. The lowest BCUT2D eigenvalue weighted by Gasteiger charge is -2.23. The molecule has 0 saturated heterocycles. The molecule has 3 rings (SSSR count). The van der Waals surface area contributed by atoms with Crippen LogP contribution in [-0.2, 0) is 4.74 Å². The fourth-order valence-corrected chi connectivity index (χ4v) is 2.80. The molecule has 2 heterocycles. The minimum Gasteiger partial charge on any atom is -0.489 e. The van der Waals surface area contributed by atoms with Gasteiger partial charge in [-0.1, -0.05) is 6.07 Å². The van der Waals surface area contributed by atoms with Crippen molar-refractivity contribution in [3.63, 3.8) is 0 Å². The first kappa shape index (κ1) is 20.6. The molecule has 0 aliphatic heterocycles. The molecule has 0 spiro atoms. The van der Waals surface area contributed by atoms with Gasteiger partial charge in [-0.15, -0.1) is 5.10 Å². The van der Waals surface area contributed by atoms with Crippen LogP contribution in [0.1, 0.15) is 0 Å². The number of nitrogens with one attached hydrogen (secondary N) is 2. The van der Waals surface area contributed by atoms with E-state index < -0.39 is 0 Å². The molecule has 2 aromatic rings. The Bertz CT molecular complexity index is 996. The smallest absolute Gasteiger partial charge is 0.175 e. The summed E-state index contributed by atoms with van der Waals surface area (Å²) in [4.78, 5) is 4.72. The highest BCUT2D eigenvalue weighted by Gasteiger charge is 2.19. The Hall–Kier alpha value is -3.17. The predicted molar refractivity (Wildman–Crippen MR) is 115 cm³/mol. The first-order chi connectivity index (χ1) is 13.8. The highest BCUT2D eigenvalue weighted by Crippen LogP contribution is 2.30. The number of likely N-dealkylation sites (N-methyl/N-ethyl adjacent to an activating group) is 1. The molecule has 9 heteroatoms. The van der Waals surface area contributed by atoms with E-state index in [1.165, 1.54) is 6.08 Å². The second-order valence-electron chi connectivity index (χ2n) is 7.76. The van der Waals surface area contributed by atoms with Crippen molar-refractivity contribution in [1.82, 2.24) is 9.61 Å². The highest BCUT2D eigenvalue weighted by atomic mass is 16.5. The summed E-state index contributed by atoms with van der Waals surface area (Å²) >= 11 is 0. The van der Waals surface area contributed by atoms with Gasteiger partial charge in [0.15, 0.2) is 5.82 Å². The summed E-state index contributed by atoms with van der Waals surface area (Å²) in [6.45, 7) is 1.65. The Morgan fingerprint density at radius 3 is 2.83 bits per heavy atom. The van der Waals surface area contributed by atoms with Crippen LogP contribution in [0.4, 0.5) is 11.5 Å². The summed E-state index contributed by atoms with van der Waals surface area (Å²) in [5.74, 6) is 1.04. The third kappa shape index (κ3) is 5.01. The first-order valence-electron chi connectivity index (χ1n) is 9.41. The number of hydrogen-bond donors (Lipinski definition) is 4. The summed E-state index contributed by atoms with van der Waals surface area (Å²) < 4.78 is 8.05. The molecule has 0 saturated carbocycles. The van der Waals surface area contributed by atoms with E-state index in [1.54, 1.807) is 10.6 Å². The number of nitrogens with two attached hydrogens (primary N) is 1. The van der Waals surface area contributed by atoms with Crippen molar-refractivity contribution in [2.24, 2.45) is 10.7 Å². The van der Waals surface area contributed by atoms with Crippen molar-refractivity contribution in [3.05, 3.63) is 48.0 Å². The van der Waals surface area contributed by atoms with Gasteiger partial charge in [-0.3, -0.25) is 5.41 Å². The molecule has 0 aromatic carbocycles. The molecule has 0 bridgehead atoms. The third-order valence-corrected chi connectivity index (χ3v) is 4.30. The van der Waals surface area contributed by atoms with Crippen LogP contribution in [0.5, 0.6) is 0 Å². The maximum Gasteiger partial charge on any atom is 0.175 e. The minimum absolute atomic E-state index is 0.121. The first-order valence-corrected chi connectivity index (χ1v) is 9.41. The Balaban J connectivity index is 1.98.